The Kier molecular flexibility index (Phi) is 8.52. The fraction of sp³-hybridized carbons (Fsp3) is 0.294. The van der Waals surface area contributed by atoms with E-state index in [0.29, 0.717) is 52.5 Å². The molecule has 0 radical (unpaired) electrons. The number of carbonyl (C=O) groups is 2. The van der Waals surface area contributed by atoms with Gasteiger partial charge < -0.3 is 29.4 Å². The first kappa shape index (κ1) is 28.8. The van der Waals surface area contributed by atoms with E-state index in [0.717, 1.165) is 16.8 Å². The fourth-order valence-corrected chi connectivity index (χ4v) is 5.86. The highest BCUT2D eigenvalue weighted by Crippen LogP contribution is 2.47. The highest BCUT2D eigenvalue weighted by atomic mass is 16.5. The lowest BCUT2D eigenvalue weighted by Gasteiger charge is -2.37. The minimum atomic E-state index is -0.707. The molecule has 2 N–H and O–H groups in total. The van der Waals surface area contributed by atoms with Crippen molar-refractivity contribution in [1.29, 1.82) is 0 Å². The quantitative estimate of drug-likeness (QED) is 0.323. The monoisotopic (exact) mass is 569 g/mol. The number of phenolic OH excluding ortho intramolecular Hbond substituents is 1. The number of rotatable bonds is 9. The molecule has 1 aliphatic carbocycles. The van der Waals surface area contributed by atoms with Gasteiger partial charge in [0, 0.05) is 35.7 Å². The summed E-state index contributed by atoms with van der Waals surface area (Å²) in [5, 5.41) is 14.0. The van der Waals surface area contributed by atoms with Crippen molar-refractivity contribution < 1.29 is 33.6 Å². The van der Waals surface area contributed by atoms with Crippen LogP contribution >= 0.6 is 0 Å². The van der Waals surface area contributed by atoms with E-state index in [1.54, 1.807) is 32.4 Å². The third-order valence-corrected chi connectivity index (χ3v) is 7.93. The van der Waals surface area contributed by atoms with Gasteiger partial charge in [-0.05, 0) is 60.2 Å². The van der Waals surface area contributed by atoms with Crippen molar-refractivity contribution in [2.24, 2.45) is 0 Å². The largest absolute Gasteiger partial charge is 0.504 e. The molecule has 5 rings (SSSR count). The first-order valence-corrected chi connectivity index (χ1v) is 13.9. The first-order valence-electron chi connectivity index (χ1n) is 13.9. The molecule has 0 spiro atoms. The number of methoxy groups -OCH3 is 3. The number of hydrogen-bond acceptors (Lipinski definition) is 8. The van der Waals surface area contributed by atoms with Gasteiger partial charge in [-0.25, -0.2) is 4.79 Å². The van der Waals surface area contributed by atoms with Gasteiger partial charge in [-0.3, -0.25) is 4.79 Å². The number of benzene rings is 3. The summed E-state index contributed by atoms with van der Waals surface area (Å²) in [6.45, 7) is 2.01. The SMILES string of the molecule is COc1ccc(C2C(C(=O)OCCc3ccccc3)=C(C)NC3=C2C(=O)CC(c2ccc(OC)c(OC)c2)C3)cc1O. The first-order chi connectivity index (χ1) is 20.3. The molecule has 0 aromatic heterocycles. The molecule has 3 aromatic carbocycles. The topological polar surface area (TPSA) is 103 Å². The summed E-state index contributed by atoms with van der Waals surface area (Å²) in [6.07, 6.45) is 1.38. The maximum atomic E-state index is 13.9. The minimum Gasteiger partial charge on any atom is -0.504 e. The predicted octanol–water partition coefficient (Wildman–Crippen LogP) is 5.57. The lowest BCUT2D eigenvalue weighted by molar-refractivity contribution is -0.139. The van der Waals surface area contributed by atoms with Crippen molar-refractivity contribution in [2.75, 3.05) is 27.9 Å². The normalized spacial score (nSPS) is 18.2. The van der Waals surface area contributed by atoms with Crippen LogP contribution in [0.2, 0.25) is 0 Å². The van der Waals surface area contributed by atoms with Gasteiger partial charge >= 0.3 is 5.97 Å². The van der Waals surface area contributed by atoms with Crippen LogP contribution in [0.3, 0.4) is 0 Å². The van der Waals surface area contributed by atoms with Crippen molar-refractivity contribution in [3.63, 3.8) is 0 Å². The maximum absolute atomic E-state index is 13.9. The molecule has 1 heterocycles. The summed E-state index contributed by atoms with van der Waals surface area (Å²) in [6, 6.07) is 20.5. The van der Waals surface area contributed by atoms with Gasteiger partial charge in [-0.15, -0.1) is 0 Å². The van der Waals surface area contributed by atoms with Crippen LogP contribution in [0.15, 0.2) is 89.3 Å². The number of dihydropyridines is 1. The Morgan fingerprint density at radius 1 is 0.881 bits per heavy atom. The van der Waals surface area contributed by atoms with Crippen LogP contribution in [0.4, 0.5) is 0 Å². The Labute approximate surface area is 245 Å². The zero-order valence-corrected chi connectivity index (χ0v) is 24.2. The van der Waals surface area contributed by atoms with Crippen LogP contribution in [-0.4, -0.2) is 44.8 Å². The van der Waals surface area contributed by atoms with Gasteiger partial charge in [0.1, 0.15) is 0 Å². The maximum Gasteiger partial charge on any atom is 0.336 e. The Morgan fingerprint density at radius 2 is 1.57 bits per heavy atom. The van der Waals surface area contributed by atoms with E-state index in [-0.39, 0.29) is 30.5 Å². The van der Waals surface area contributed by atoms with Gasteiger partial charge in [-0.1, -0.05) is 42.5 Å². The second-order valence-electron chi connectivity index (χ2n) is 10.4. The van der Waals surface area contributed by atoms with Crippen molar-refractivity contribution in [3.05, 3.63) is 106 Å². The Balaban J connectivity index is 1.49. The van der Waals surface area contributed by atoms with E-state index in [2.05, 4.69) is 5.32 Å². The molecular weight excluding hydrogens is 534 g/mol. The fourth-order valence-electron chi connectivity index (χ4n) is 5.86. The minimum absolute atomic E-state index is 0.0726. The molecule has 2 unspecified atom stereocenters. The third kappa shape index (κ3) is 5.70. The van der Waals surface area contributed by atoms with Crippen molar-refractivity contribution in [1.82, 2.24) is 5.32 Å². The summed E-state index contributed by atoms with van der Waals surface area (Å²) < 4.78 is 21.9. The Hall–Kier alpha value is -4.72. The molecule has 3 aromatic rings. The van der Waals surface area contributed by atoms with E-state index in [1.165, 1.54) is 7.11 Å². The van der Waals surface area contributed by atoms with Gasteiger partial charge in [0.2, 0.25) is 0 Å². The number of ether oxygens (including phenoxy) is 4. The van der Waals surface area contributed by atoms with Crippen LogP contribution in [0.25, 0.3) is 0 Å². The van der Waals surface area contributed by atoms with Gasteiger partial charge in [0.25, 0.3) is 0 Å². The number of nitrogens with one attached hydrogen (secondary N) is 1. The van der Waals surface area contributed by atoms with Crippen LogP contribution in [-0.2, 0) is 20.7 Å². The molecule has 2 aliphatic rings. The van der Waals surface area contributed by atoms with E-state index < -0.39 is 11.9 Å². The van der Waals surface area contributed by atoms with Gasteiger partial charge in [0.15, 0.2) is 28.8 Å². The Morgan fingerprint density at radius 3 is 2.26 bits per heavy atom. The van der Waals surface area contributed by atoms with Crippen LogP contribution in [0.5, 0.6) is 23.0 Å². The number of aromatic hydroxyl groups is 1. The van der Waals surface area contributed by atoms with Gasteiger partial charge in [-0.2, -0.15) is 0 Å². The third-order valence-electron chi connectivity index (χ3n) is 7.93. The van der Waals surface area contributed by atoms with E-state index in [1.807, 2.05) is 55.5 Å². The summed E-state index contributed by atoms with van der Waals surface area (Å²) in [5.41, 5.74) is 4.85. The lowest BCUT2D eigenvalue weighted by Crippen LogP contribution is -2.36. The highest BCUT2D eigenvalue weighted by Gasteiger charge is 2.41. The molecule has 0 amide bonds. The van der Waals surface area contributed by atoms with Gasteiger partial charge in [0.05, 0.1) is 33.5 Å². The van der Waals surface area contributed by atoms with Crippen LogP contribution in [0.1, 0.15) is 48.3 Å². The molecule has 0 saturated carbocycles. The number of esters is 1. The zero-order chi connectivity index (χ0) is 29.8. The number of phenols is 1. The number of carbonyl (C=O) groups excluding carboxylic acids is 2. The van der Waals surface area contributed by atoms with E-state index in [4.69, 9.17) is 18.9 Å². The second-order valence-corrected chi connectivity index (χ2v) is 10.4. The predicted molar refractivity (Wildman–Crippen MR) is 158 cm³/mol. The number of ketones is 1. The second kappa shape index (κ2) is 12.4. The summed E-state index contributed by atoms with van der Waals surface area (Å²) >= 11 is 0. The highest BCUT2D eigenvalue weighted by molar-refractivity contribution is 6.04. The van der Waals surface area contributed by atoms with Crippen LogP contribution < -0.4 is 19.5 Å². The molecular formula is C34H35NO7. The molecule has 1 aliphatic heterocycles. The average molecular weight is 570 g/mol. The number of Topliss-reactive ketones (excluding diaryl/α,β-unsaturated/α-hetero) is 1. The molecule has 2 atom stereocenters. The average Bonchev–Trinajstić information content (AvgIpc) is 3.00. The summed E-state index contributed by atoms with van der Waals surface area (Å²) in [7, 11) is 4.64. The molecule has 0 saturated heterocycles. The van der Waals surface area contributed by atoms with Crippen LogP contribution in [0, 0.1) is 0 Å². The van der Waals surface area contributed by atoms with Crippen molar-refractivity contribution in [3.8, 4) is 23.0 Å². The molecule has 8 heteroatoms. The lowest BCUT2D eigenvalue weighted by atomic mass is 9.71. The standard InChI is InChI=1S/C34H35NO7/c1-20-31(34(38)42-15-14-21-8-6-5-7-9-21)32(23-11-12-28(39-2)26(36)17-23)33-25(35-20)16-24(18-27(33)37)22-10-13-29(40-3)30(19-22)41-4/h5-13,17,19,24,32,35-36H,14-16,18H2,1-4H3. The molecule has 8 nitrogen and oxygen atoms in total. The smallest absolute Gasteiger partial charge is 0.336 e. The van der Waals surface area contributed by atoms with Crippen molar-refractivity contribution in [2.45, 2.75) is 38.0 Å². The van der Waals surface area contributed by atoms with E-state index in [9.17, 15) is 14.7 Å². The van der Waals surface area contributed by atoms with Crippen molar-refractivity contribution >= 4 is 11.8 Å². The summed E-state index contributed by atoms with van der Waals surface area (Å²) in [5.74, 6) is 0.0645. The number of hydrogen-bond donors (Lipinski definition) is 2. The zero-order valence-electron chi connectivity index (χ0n) is 24.2. The molecule has 0 fully saturated rings. The molecule has 218 valence electrons. The van der Waals surface area contributed by atoms with E-state index >= 15 is 0 Å². The summed E-state index contributed by atoms with van der Waals surface area (Å²) in [4.78, 5) is 27.6. The Bertz CT molecular complexity index is 1560. The molecule has 0 bridgehead atoms. The molecule has 42 heavy (non-hydrogen) atoms. The number of allylic oxidation sites excluding steroid dienone is 3.